The molecular weight excluding hydrogens is 506 g/mol. The zero-order valence-electron chi connectivity index (χ0n) is 22.0. The highest BCUT2D eigenvalue weighted by Gasteiger charge is 2.50. The highest BCUT2D eigenvalue weighted by atomic mass is 35.5. The SMILES string of the molecule is Cc1c(Cl)ccc2c1NC(=O)C2(c1ccc(OC(=O)CN(C)C)cc1)c1ccc(OC(=O)CN(C)C)cc1. The molecule has 0 saturated carbocycles. The lowest BCUT2D eigenvalue weighted by molar-refractivity contribution is -0.136. The second-order valence-corrected chi connectivity index (χ2v) is 10.2. The highest BCUT2D eigenvalue weighted by molar-refractivity contribution is 6.32. The molecule has 3 aromatic carbocycles. The average Bonchev–Trinajstić information content (AvgIpc) is 3.14. The number of carbonyl (C=O) groups is 3. The Morgan fingerprint density at radius 2 is 1.24 bits per heavy atom. The molecule has 0 radical (unpaired) electrons. The van der Waals surface area contributed by atoms with Gasteiger partial charge in [-0.15, -0.1) is 0 Å². The molecule has 1 N–H and O–H groups in total. The maximum atomic E-state index is 13.8. The summed E-state index contributed by atoms with van der Waals surface area (Å²) in [6.45, 7) is 2.15. The van der Waals surface area contributed by atoms with Crippen LogP contribution in [0.4, 0.5) is 5.69 Å². The topological polar surface area (TPSA) is 88.2 Å². The number of amides is 1. The molecule has 0 aliphatic carbocycles. The summed E-state index contributed by atoms with van der Waals surface area (Å²) in [4.78, 5) is 41.5. The summed E-state index contributed by atoms with van der Waals surface area (Å²) in [5.41, 5.74) is 2.33. The number of ether oxygens (including phenoxy) is 2. The van der Waals surface area contributed by atoms with Gasteiger partial charge in [-0.1, -0.05) is 41.9 Å². The van der Waals surface area contributed by atoms with E-state index in [4.69, 9.17) is 21.1 Å². The number of fused-ring (bicyclic) bond motifs is 1. The molecule has 0 atom stereocenters. The Hall–Kier alpha value is -3.72. The number of carbonyl (C=O) groups excluding carboxylic acids is 3. The van der Waals surface area contributed by atoms with E-state index in [9.17, 15) is 14.4 Å². The molecule has 1 amide bonds. The van der Waals surface area contributed by atoms with Crippen LogP contribution >= 0.6 is 11.6 Å². The normalized spacial score (nSPS) is 13.8. The van der Waals surface area contributed by atoms with Crippen LogP contribution in [-0.4, -0.2) is 68.9 Å². The van der Waals surface area contributed by atoms with Crippen molar-refractivity contribution >= 4 is 35.1 Å². The van der Waals surface area contributed by atoms with Gasteiger partial charge in [0, 0.05) is 10.6 Å². The van der Waals surface area contributed by atoms with E-state index in [2.05, 4.69) is 5.32 Å². The lowest BCUT2D eigenvalue weighted by atomic mass is 9.70. The number of nitrogens with one attached hydrogen (secondary N) is 1. The van der Waals surface area contributed by atoms with Crippen molar-refractivity contribution in [2.75, 3.05) is 46.6 Å². The van der Waals surface area contributed by atoms with Crippen molar-refractivity contribution < 1.29 is 23.9 Å². The largest absolute Gasteiger partial charge is 0.426 e. The van der Waals surface area contributed by atoms with Crippen molar-refractivity contribution in [3.05, 3.63) is 87.9 Å². The minimum Gasteiger partial charge on any atom is -0.426 e. The fourth-order valence-corrected chi connectivity index (χ4v) is 4.78. The fraction of sp³-hybridized carbons (Fsp3) is 0.276. The smallest absolute Gasteiger partial charge is 0.325 e. The number of rotatable bonds is 8. The van der Waals surface area contributed by atoms with Crippen LogP contribution in [-0.2, 0) is 19.8 Å². The number of anilines is 1. The summed E-state index contributed by atoms with van der Waals surface area (Å²) in [5.74, 6) is -0.251. The highest BCUT2D eigenvalue weighted by Crippen LogP contribution is 2.50. The Labute approximate surface area is 227 Å². The lowest BCUT2D eigenvalue weighted by Gasteiger charge is -2.29. The first kappa shape index (κ1) is 27.3. The number of likely N-dealkylation sites (N-methyl/N-ethyl adjacent to an activating group) is 2. The van der Waals surface area contributed by atoms with Gasteiger partial charge in [-0.2, -0.15) is 0 Å². The number of hydrogen-bond acceptors (Lipinski definition) is 7. The van der Waals surface area contributed by atoms with Crippen LogP contribution in [0.1, 0.15) is 22.3 Å². The van der Waals surface area contributed by atoms with Crippen molar-refractivity contribution in [1.29, 1.82) is 0 Å². The van der Waals surface area contributed by atoms with E-state index in [1.54, 1.807) is 92.6 Å². The zero-order valence-corrected chi connectivity index (χ0v) is 22.8. The molecule has 0 bridgehead atoms. The maximum absolute atomic E-state index is 13.8. The van der Waals surface area contributed by atoms with E-state index < -0.39 is 5.41 Å². The first-order valence-electron chi connectivity index (χ1n) is 12.0. The Morgan fingerprint density at radius 1 is 0.789 bits per heavy atom. The van der Waals surface area contributed by atoms with E-state index in [0.717, 1.165) is 11.1 Å². The molecule has 8 nitrogen and oxygen atoms in total. The second-order valence-electron chi connectivity index (χ2n) is 9.77. The summed E-state index contributed by atoms with van der Waals surface area (Å²) >= 11 is 6.38. The molecule has 38 heavy (non-hydrogen) atoms. The minimum absolute atomic E-state index is 0.146. The summed E-state index contributed by atoms with van der Waals surface area (Å²) in [7, 11) is 7.14. The quantitative estimate of drug-likeness (QED) is 0.346. The van der Waals surface area contributed by atoms with Gasteiger partial charge in [-0.25, -0.2) is 0 Å². The van der Waals surface area contributed by atoms with E-state index >= 15 is 0 Å². The Kier molecular flexibility index (Phi) is 7.87. The van der Waals surface area contributed by atoms with Gasteiger partial charge in [-0.3, -0.25) is 24.2 Å². The third-order valence-corrected chi connectivity index (χ3v) is 6.72. The molecule has 4 rings (SSSR count). The fourth-order valence-electron chi connectivity index (χ4n) is 4.62. The van der Waals surface area contributed by atoms with Crippen LogP contribution in [0.15, 0.2) is 60.7 Å². The van der Waals surface area contributed by atoms with Gasteiger partial charge in [0.25, 0.3) is 0 Å². The molecule has 0 saturated heterocycles. The van der Waals surface area contributed by atoms with Crippen LogP contribution in [0.5, 0.6) is 11.5 Å². The maximum Gasteiger partial charge on any atom is 0.325 e. The van der Waals surface area contributed by atoms with Crippen LogP contribution in [0, 0.1) is 6.92 Å². The van der Waals surface area contributed by atoms with Crippen molar-refractivity contribution in [2.24, 2.45) is 0 Å². The zero-order chi connectivity index (χ0) is 27.6. The van der Waals surface area contributed by atoms with E-state index in [1.807, 2.05) is 13.0 Å². The second kappa shape index (κ2) is 10.9. The van der Waals surface area contributed by atoms with E-state index in [1.165, 1.54) is 0 Å². The third-order valence-electron chi connectivity index (χ3n) is 6.31. The lowest BCUT2D eigenvalue weighted by Crippen LogP contribution is -2.37. The monoisotopic (exact) mass is 535 g/mol. The summed E-state index contributed by atoms with van der Waals surface area (Å²) in [6, 6.07) is 17.4. The van der Waals surface area contributed by atoms with Crippen molar-refractivity contribution in [2.45, 2.75) is 12.3 Å². The number of hydrogen-bond donors (Lipinski definition) is 1. The Balaban J connectivity index is 1.77. The van der Waals surface area contributed by atoms with Gasteiger partial charge in [0.2, 0.25) is 5.91 Å². The summed E-state index contributed by atoms with van der Waals surface area (Å²) in [6.07, 6.45) is 0. The summed E-state index contributed by atoms with van der Waals surface area (Å²) < 4.78 is 10.9. The Bertz CT molecular complexity index is 1300. The van der Waals surface area contributed by atoms with Gasteiger partial charge in [0.05, 0.1) is 18.8 Å². The molecule has 198 valence electrons. The molecule has 1 heterocycles. The average molecular weight is 536 g/mol. The minimum atomic E-state index is -1.21. The van der Waals surface area contributed by atoms with Gasteiger partial charge in [0.15, 0.2) is 0 Å². The van der Waals surface area contributed by atoms with Gasteiger partial charge in [0.1, 0.15) is 16.9 Å². The van der Waals surface area contributed by atoms with Gasteiger partial charge < -0.3 is 14.8 Å². The first-order chi connectivity index (χ1) is 18.0. The van der Waals surface area contributed by atoms with Crippen LogP contribution in [0.3, 0.4) is 0 Å². The summed E-state index contributed by atoms with van der Waals surface area (Å²) in [5, 5.41) is 3.57. The number of benzene rings is 3. The van der Waals surface area contributed by atoms with Crippen LogP contribution < -0.4 is 14.8 Å². The molecule has 1 aliphatic heterocycles. The Morgan fingerprint density at radius 3 is 1.66 bits per heavy atom. The van der Waals surface area contributed by atoms with Crippen molar-refractivity contribution in [1.82, 2.24) is 9.80 Å². The molecule has 0 aromatic heterocycles. The standard InChI is InChI=1S/C29H30ClN3O5/c1-18-24(30)15-14-23-27(18)31-28(36)29(23,19-6-10-21(11-7-19)37-25(34)16-32(2)3)20-8-12-22(13-9-20)38-26(35)17-33(4)5/h6-15H,16-17H2,1-5H3,(H,31,36). The molecule has 0 fully saturated rings. The molecule has 1 aliphatic rings. The van der Waals surface area contributed by atoms with E-state index in [0.29, 0.717) is 33.3 Å². The van der Waals surface area contributed by atoms with Gasteiger partial charge >= 0.3 is 11.9 Å². The molecule has 0 unspecified atom stereocenters. The molecule has 0 spiro atoms. The predicted molar refractivity (Wildman–Crippen MR) is 146 cm³/mol. The molecule has 3 aromatic rings. The van der Waals surface area contributed by atoms with Crippen molar-refractivity contribution in [3.63, 3.8) is 0 Å². The van der Waals surface area contributed by atoms with E-state index in [-0.39, 0.29) is 30.9 Å². The third kappa shape index (κ3) is 5.29. The molecule has 9 heteroatoms. The van der Waals surface area contributed by atoms with Gasteiger partial charge in [-0.05, 0) is 82.1 Å². The number of esters is 2. The predicted octanol–water partition coefficient (Wildman–Crippen LogP) is 3.87. The molecular formula is C29H30ClN3O5. The van der Waals surface area contributed by atoms with Crippen molar-refractivity contribution in [3.8, 4) is 11.5 Å². The van der Waals surface area contributed by atoms with Crippen LogP contribution in [0.2, 0.25) is 5.02 Å². The van der Waals surface area contributed by atoms with Crippen LogP contribution in [0.25, 0.3) is 0 Å². The number of halogens is 1. The number of nitrogens with zero attached hydrogens (tertiary/aromatic N) is 2. The first-order valence-corrected chi connectivity index (χ1v) is 12.4.